The summed E-state index contributed by atoms with van der Waals surface area (Å²) in [5.41, 5.74) is 2.43. The highest BCUT2D eigenvalue weighted by Crippen LogP contribution is 2.25. The third-order valence-electron chi connectivity index (χ3n) is 2.79. The fourth-order valence-corrected chi connectivity index (χ4v) is 1.77. The number of rotatable bonds is 3. The molecule has 0 spiro atoms. The van der Waals surface area contributed by atoms with Crippen LogP contribution in [-0.4, -0.2) is 18.4 Å². The number of hydrogen-bond donors (Lipinski definition) is 0. The third-order valence-corrected chi connectivity index (χ3v) is 2.79. The zero-order valence-corrected chi connectivity index (χ0v) is 10.2. The van der Waals surface area contributed by atoms with Crippen LogP contribution in [0.5, 0.6) is 5.75 Å². The van der Waals surface area contributed by atoms with Crippen LogP contribution in [0.4, 0.5) is 0 Å². The second kappa shape index (κ2) is 4.53. The van der Waals surface area contributed by atoms with Gasteiger partial charge in [-0.3, -0.25) is 9.78 Å². The number of hydrogen-bond acceptors (Lipinski definition) is 3. The second-order valence-electron chi connectivity index (χ2n) is 4.29. The van der Waals surface area contributed by atoms with Gasteiger partial charge in [0.2, 0.25) is 0 Å². The summed E-state index contributed by atoms with van der Waals surface area (Å²) in [5.74, 6) is 1.04. The molecule has 0 aliphatic carbocycles. The topological polar surface area (TPSA) is 39.2 Å². The van der Waals surface area contributed by atoms with Gasteiger partial charge in [-0.2, -0.15) is 0 Å². The number of benzene rings is 1. The van der Waals surface area contributed by atoms with Crippen molar-refractivity contribution < 1.29 is 9.53 Å². The van der Waals surface area contributed by atoms with Crippen LogP contribution < -0.4 is 4.74 Å². The summed E-state index contributed by atoms with van der Waals surface area (Å²) in [6, 6.07) is 7.43. The smallest absolute Gasteiger partial charge is 0.150 e. The van der Waals surface area contributed by atoms with E-state index < -0.39 is 0 Å². The number of carbonyl (C=O) groups is 1. The first-order chi connectivity index (χ1) is 8.15. The Balaban J connectivity index is 2.72. The lowest BCUT2D eigenvalue weighted by Crippen LogP contribution is -1.97. The van der Waals surface area contributed by atoms with Crippen molar-refractivity contribution in [2.45, 2.75) is 19.8 Å². The molecule has 1 aromatic heterocycles. The van der Waals surface area contributed by atoms with Crippen molar-refractivity contribution in [3.05, 3.63) is 35.5 Å². The maximum atomic E-state index is 11.1. The summed E-state index contributed by atoms with van der Waals surface area (Å²) in [4.78, 5) is 15.7. The molecule has 1 heterocycles. The van der Waals surface area contributed by atoms with Crippen LogP contribution in [0.2, 0.25) is 0 Å². The zero-order valence-electron chi connectivity index (χ0n) is 10.2. The van der Waals surface area contributed by atoms with Gasteiger partial charge in [0.25, 0.3) is 0 Å². The SMILES string of the molecule is COc1ccc2nc(C(C)C)cc(C=O)c2c1. The van der Waals surface area contributed by atoms with Crippen LogP contribution in [0.1, 0.15) is 35.8 Å². The van der Waals surface area contributed by atoms with Crippen molar-refractivity contribution in [3.63, 3.8) is 0 Å². The molecule has 0 radical (unpaired) electrons. The maximum Gasteiger partial charge on any atom is 0.150 e. The van der Waals surface area contributed by atoms with E-state index in [1.165, 1.54) is 0 Å². The van der Waals surface area contributed by atoms with Crippen LogP contribution in [0.15, 0.2) is 24.3 Å². The molecule has 2 aromatic rings. The number of aldehydes is 1. The monoisotopic (exact) mass is 229 g/mol. The van der Waals surface area contributed by atoms with E-state index in [0.717, 1.165) is 28.6 Å². The summed E-state index contributed by atoms with van der Waals surface area (Å²) in [6.45, 7) is 4.12. The number of methoxy groups -OCH3 is 1. The van der Waals surface area contributed by atoms with Gasteiger partial charge in [-0.25, -0.2) is 0 Å². The summed E-state index contributed by atoms with van der Waals surface area (Å²) in [7, 11) is 1.61. The van der Waals surface area contributed by atoms with E-state index >= 15 is 0 Å². The predicted molar refractivity (Wildman–Crippen MR) is 67.8 cm³/mol. The molecule has 0 saturated heterocycles. The van der Waals surface area contributed by atoms with E-state index in [1.807, 2.05) is 24.3 Å². The van der Waals surface area contributed by atoms with Crippen LogP contribution in [0.3, 0.4) is 0 Å². The maximum absolute atomic E-state index is 11.1. The minimum absolute atomic E-state index is 0.306. The van der Waals surface area contributed by atoms with Gasteiger partial charge in [0, 0.05) is 16.6 Å². The minimum atomic E-state index is 0.306. The molecule has 0 N–H and O–H groups in total. The lowest BCUT2D eigenvalue weighted by Gasteiger charge is -2.09. The Morgan fingerprint density at radius 2 is 2.06 bits per heavy atom. The molecule has 0 unspecified atom stereocenters. The lowest BCUT2D eigenvalue weighted by molar-refractivity contribution is 0.112. The molecular formula is C14H15NO2. The highest BCUT2D eigenvalue weighted by molar-refractivity contribution is 5.97. The predicted octanol–water partition coefficient (Wildman–Crippen LogP) is 3.18. The summed E-state index contributed by atoms with van der Waals surface area (Å²) in [5, 5.41) is 0.837. The Morgan fingerprint density at radius 3 is 2.65 bits per heavy atom. The van der Waals surface area contributed by atoms with E-state index in [1.54, 1.807) is 7.11 Å². The first-order valence-corrected chi connectivity index (χ1v) is 5.59. The molecule has 0 aliphatic rings. The van der Waals surface area contributed by atoms with Gasteiger partial charge in [-0.15, -0.1) is 0 Å². The number of nitrogens with zero attached hydrogens (tertiary/aromatic N) is 1. The van der Waals surface area contributed by atoms with E-state index in [2.05, 4.69) is 18.8 Å². The molecule has 1 aromatic carbocycles. The molecule has 0 saturated carbocycles. The largest absolute Gasteiger partial charge is 0.497 e. The Labute approximate surface area is 100 Å². The van der Waals surface area contributed by atoms with E-state index in [-0.39, 0.29) is 0 Å². The van der Waals surface area contributed by atoms with Gasteiger partial charge < -0.3 is 4.74 Å². The van der Waals surface area contributed by atoms with Crippen LogP contribution in [-0.2, 0) is 0 Å². The average molecular weight is 229 g/mol. The van der Waals surface area contributed by atoms with E-state index in [4.69, 9.17) is 4.74 Å². The van der Waals surface area contributed by atoms with E-state index in [0.29, 0.717) is 11.5 Å². The number of carbonyl (C=O) groups excluding carboxylic acids is 1. The average Bonchev–Trinajstić information content (AvgIpc) is 2.36. The Bertz CT molecular complexity index is 561. The standard InChI is InChI=1S/C14H15NO2/c1-9(2)14-6-10(8-16)12-7-11(17-3)4-5-13(12)15-14/h4-9H,1-3H3. The molecule has 3 heteroatoms. The molecule has 2 rings (SSSR count). The van der Waals surface area contributed by atoms with Crippen LogP contribution in [0, 0.1) is 0 Å². The van der Waals surface area contributed by atoms with Gasteiger partial charge in [0.1, 0.15) is 5.75 Å². The molecule has 0 bridgehead atoms. The van der Waals surface area contributed by atoms with Crippen molar-refractivity contribution in [2.75, 3.05) is 7.11 Å². The number of pyridine rings is 1. The van der Waals surface area contributed by atoms with Crippen molar-refractivity contribution in [2.24, 2.45) is 0 Å². The summed E-state index contributed by atoms with van der Waals surface area (Å²) in [6.07, 6.45) is 0.870. The Morgan fingerprint density at radius 1 is 1.29 bits per heavy atom. The lowest BCUT2D eigenvalue weighted by atomic mass is 10.0. The van der Waals surface area contributed by atoms with Crippen LogP contribution in [0.25, 0.3) is 10.9 Å². The van der Waals surface area contributed by atoms with Crippen molar-refractivity contribution in [3.8, 4) is 5.75 Å². The Hall–Kier alpha value is -1.90. The normalized spacial score (nSPS) is 10.8. The molecular weight excluding hydrogens is 214 g/mol. The molecule has 88 valence electrons. The van der Waals surface area contributed by atoms with Crippen molar-refractivity contribution >= 4 is 17.2 Å². The Kier molecular flexibility index (Phi) is 3.09. The van der Waals surface area contributed by atoms with Gasteiger partial charge in [0.05, 0.1) is 12.6 Å². The number of aromatic nitrogens is 1. The van der Waals surface area contributed by atoms with Gasteiger partial charge in [-0.1, -0.05) is 13.8 Å². The first-order valence-electron chi connectivity index (χ1n) is 5.59. The third kappa shape index (κ3) is 2.13. The van der Waals surface area contributed by atoms with E-state index in [9.17, 15) is 4.79 Å². The summed E-state index contributed by atoms with van der Waals surface area (Å²) < 4.78 is 5.16. The molecule has 0 fully saturated rings. The van der Waals surface area contributed by atoms with Gasteiger partial charge >= 0.3 is 0 Å². The molecule has 17 heavy (non-hydrogen) atoms. The first kappa shape index (κ1) is 11.6. The summed E-state index contributed by atoms with van der Waals surface area (Å²) >= 11 is 0. The molecule has 0 amide bonds. The molecule has 3 nitrogen and oxygen atoms in total. The zero-order chi connectivity index (χ0) is 12.4. The quantitative estimate of drug-likeness (QED) is 0.759. The fourth-order valence-electron chi connectivity index (χ4n) is 1.77. The highest BCUT2D eigenvalue weighted by Gasteiger charge is 2.08. The van der Waals surface area contributed by atoms with Crippen molar-refractivity contribution in [1.82, 2.24) is 4.98 Å². The van der Waals surface area contributed by atoms with Crippen LogP contribution >= 0.6 is 0 Å². The molecule has 0 atom stereocenters. The number of ether oxygens (including phenoxy) is 1. The van der Waals surface area contributed by atoms with Gasteiger partial charge in [0.15, 0.2) is 6.29 Å². The molecule has 0 aliphatic heterocycles. The van der Waals surface area contributed by atoms with Gasteiger partial charge in [-0.05, 0) is 30.2 Å². The fraction of sp³-hybridized carbons (Fsp3) is 0.286. The number of fused-ring (bicyclic) bond motifs is 1. The van der Waals surface area contributed by atoms with Crippen molar-refractivity contribution in [1.29, 1.82) is 0 Å². The highest BCUT2D eigenvalue weighted by atomic mass is 16.5. The second-order valence-corrected chi connectivity index (χ2v) is 4.29. The minimum Gasteiger partial charge on any atom is -0.497 e.